The van der Waals surface area contributed by atoms with Gasteiger partial charge < -0.3 is 4.90 Å². The predicted octanol–water partition coefficient (Wildman–Crippen LogP) is 1.07. The molecular weight excluding hydrogens is 244 g/mol. The summed E-state index contributed by atoms with van der Waals surface area (Å²) in [6, 6.07) is 0.496. The van der Waals surface area contributed by atoms with Gasteiger partial charge in [0.1, 0.15) is 0 Å². The second kappa shape index (κ2) is 4.62. The van der Waals surface area contributed by atoms with Crippen LogP contribution in [0, 0.1) is 0 Å². The first-order chi connectivity index (χ1) is 9.11. The summed E-state index contributed by atoms with van der Waals surface area (Å²) in [5.41, 5.74) is 0. The van der Waals surface area contributed by atoms with Crippen LogP contribution < -0.4 is 0 Å². The van der Waals surface area contributed by atoms with Crippen LogP contribution in [0.1, 0.15) is 51.9 Å². The first kappa shape index (κ1) is 12.6. The molecule has 3 fully saturated rings. The zero-order valence-electron chi connectivity index (χ0n) is 11.3. The van der Waals surface area contributed by atoms with Gasteiger partial charge in [-0.2, -0.15) is 0 Å². The molecule has 3 rings (SSSR count). The Bertz CT molecular complexity index is 404. The topological polar surface area (TPSA) is 57.7 Å². The summed E-state index contributed by atoms with van der Waals surface area (Å²) in [7, 11) is 0. The number of carbonyl (C=O) groups excluding carboxylic acids is 3. The molecule has 0 aromatic carbocycles. The van der Waals surface area contributed by atoms with E-state index in [-0.39, 0.29) is 35.8 Å². The van der Waals surface area contributed by atoms with E-state index in [1.165, 1.54) is 4.90 Å². The van der Waals surface area contributed by atoms with Gasteiger partial charge in [0.2, 0.25) is 17.7 Å². The third-order valence-corrected chi connectivity index (χ3v) is 4.75. The molecule has 0 N–H and O–H groups in total. The molecule has 5 nitrogen and oxygen atoms in total. The van der Waals surface area contributed by atoms with Gasteiger partial charge in [0.15, 0.2) is 0 Å². The lowest BCUT2D eigenvalue weighted by molar-refractivity contribution is -0.144. The van der Waals surface area contributed by atoms with Crippen molar-refractivity contribution in [2.75, 3.05) is 0 Å². The molecule has 2 atom stereocenters. The van der Waals surface area contributed by atoms with E-state index >= 15 is 0 Å². The van der Waals surface area contributed by atoms with Crippen molar-refractivity contribution >= 4 is 17.7 Å². The van der Waals surface area contributed by atoms with Crippen LogP contribution in [0.2, 0.25) is 0 Å². The molecule has 2 unspecified atom stereocenters. The van der Waals surface area contributed by atoms with E-state index in [0.29, 0.717) is 19.3 Å². The number of nitrogens with zero attached hydrogens (tertiary/aromatic N) is 2. The number of fused-ring (bicyclic) bond motifs is 2. The lowest BCUT2D eigenvalue weighted by Gasteiger charge is -2.41. The van der Waals surface area contributed by atoms with Crippen LogP contribution in [0.25, 0.3) is 0 Å². The molecular formula is C14H20N2O3. The normalized spacial score (nSPS) is 34.3. The van der Waals surface area contributed by atoms with Gasteiger partial charge in [-0.25, -0.2) is 0 Å². The maximum absolute atomic E-state index is 12.0. The van der Waals surface area contributed by atoms with Crippen LogP contribution in [0.3, 0.4) is 0 Å². The number of amides is 3. The molecule has 3 aliphatic rings. The maximum atomic E-state index is 12.0. The molecule has 0 aromatic rings. The summed E-state index contributed by atoms with van der Waals surface area (Å²) in [6.45, 7) is 1.89. The molecule has 0 aromatic heterocycles. The first-order valence-electron chi connectivity index (χ1n) is 7.28. The summed E-state index contributed by atoms with van der Waals surface area (Å²) in [5, 5.41) is 0. The zero-order valence-corrected chi connectivity index (χ0v) is 11.3. The van der Waals surface area contributed by atoms with Crippen LogP contribution in [0.4, 0.5) is 0 Å². The van der Waals surface area contributed by atoms with E-state index in [4.69, 9.17) is 0 Å². The average molecular weight is 264 g/mol. The van der Waals surface area contributed by atoms with Crippen molar-refractivity contribution in [1.82, 2.24) is 9.80 Å². The van der Waals surface area contributed by atoms with Crippen molar-refractivity contribution < 1.29 is 14.4 Å². The second-order valence-corrected chi connectivity index (χ2v) is 5.82. The predicted molar refractivity (Wildman–Crippen MR) is 68.1 cm³/mol. The van der Waals surface area contributed by atoms with Gasteiger partial charge >= 0.3 is 0 Å². The van der Waals surface area contributed by atoms with Gasteiger partial charge in [-0.05, 0) is 25.7 Å². The first-order valence-corrected chi connectivity index (χ1v) is 7.28. The standard InChI is InChI=1S/C14H20N2O3/c1-2-12(17)15-9-3-4-10(15)8-11(7-9)16-13(18)5-6-14(16)19/h9-11H,2-8H2,1H3. The van der Waals surface area contributed by atoms with E-state index in [2.05, 4.69) is 0 Å². The molecule has 3 amide bonds. The zero-order chi connectivity index (χ0) is 13.6. The highest BCUT2D eigenvalue weighted by Gasteiger charge is 2.47. The average Bonchev–Trinajstić information content (AvgIpc) is 2.86. The van der Waals surface area contributed by atoms with Gasteiger partial charge in [0, 0.05) is 37.4 Å². The Hall–Kier alpha value is -1.39. The van der Waals surface area contributed by atoms with Crippen molar-refractivity contribution in [1.29, 1.82) is 0 Å². The van der Waals surface area contributed by atoms with E-state index < -0.39 is 0 Å². The Morgan fingerprint density at radius 2 is 1.58 bits per heavy atom. The number of rotatable bonds is 2. The Kier molecular flexibility index (Phi) is 3.07. The SMILES string of the molecule is CCC(=O)N1C2CCC1CC(N1C(=O)CCC1=O)C2. The summed E-state index contributed by atoms with van der Waals surface area (Å²) in [5.74, 6) is 0.166. The van der Waals surface area contributed by atoms with Gasteiger partial charge in [-0.15, -0.1) is 0 Å². The molecule has 2 bridgehead atoms. The van der Waals surface area contributed by atoms with Gasteiger partial charge in [0.25, 0.3) is 0 Å². The van der Waals surface area contributed by atoms with Crippen LogP contribution in [0.15, 0.2) is 0 Å². The highest BCUT2D eigenvalue weighted by atomic mass is 16.2. The Morgan fingerprint density at radius 1 is 1.05 bits per heavy atom. The quantitative estimate of drug-likeness (QED) is 0.701. The molecule has 104 valence electrons. The van der Waals surface area contributed by atoms with E-state index in [1.807, 2.05) is 11.8 Å². The fraction of sp³-hybridized carbons (Fsp3) is 0.786. The molecule has 0 spiro atoms. The monoisotopic (exact) mass is 264 g/mol. The Balaban J connectivity index is 1.75. The minimum atomic E-state index is -0.0235. The molecule has 3 aliphatic heterocycles. The lowest BCUT2D eigenvalue weighted by Crippen LogP contribution is -2.53. The van der Waals surface area contributed by atoms with Crippen LogP contribution in [-0.2, 0) is 14.4 Å². The fourth-order valence-corrected chi connectivity index (χ4v) is 3.95. The highest BCUT2D eigenvalue weighted by Crippen LogP contribution is 2.39. The fourth-order valence-electron chi connectivity index (χ4n) is 3.95. The largest absolute Gasteiger partial charge is 0.337 e. The number of hydrogen-bond donors (Lipinski definition) is 0. The summed E-state index contributed by atoms with van der Waals surface area (Å²) in [6.07, 6.45) is 4.86. The second-order valence-electron chi connectivity index (χ2n) is 5.82. The number of likely N-dealkylation sites (tertiary alicyclic amines) is 1. The van der Waals surface area contributed by atoms with E-state index in [0.717, 1.165) is 25.7 Å². The molecule has 3 heterocycles. The minimum absolute atomic E-state index is 0.0235. The smallest absolute Gasteiger partial charge is 0.229 e. The van der Waals surface area contributed by atoms with E-state index in [1.54, 1.807) is 0 Å². The van der Waals surface area contributed by atoms with Crippen molar-refractivity contribution in [3.63, 3.8) is 0 Å². The number of imide groups is 1. The summed E-state index contributed by atoms with van der Waals surface area (Å²) in [4.78, 5) is 39.1. The maximum Gasteiger partial charge on any atom is 0.229 e. The van der Waals surface area contributed by atoms with Crippen molar-refractivity contribution in [3.05, 3.63) is 0 Å². The minimum Gasteiger partial charge on any atom is -0.337 e. The van der Waals surface area contributed by atoms with Gasteiger partial charge in [-0.1, -0.05) is 6.92 Å². The van der Waals surface area contributed by atoms with Crippen LogP contribution in [0.5, 0.6) is 0 Å². The third kappa shape index (κ3) is 1.95. The molecule has 0 saturated carbocycles. The van der Waals surface area contributed by atoms with Crippen molar-refractivity contribution in [2.45, 2.75) is 70.0 Å². The molecule has 0 radical (unpaired) electrons. The number of hydrogen-bond acceptors (Lipinski definition) is 3. The third-order valence-electron chi connectivity index (χ3n) is 4.75. The molecule has 19 heavy (non-hydrogen) atoms. The summed E-state index contributed by atoms with van der Waals surface area (Å²) < 4.78 is 0. The van der Waals surface area contributed by atoms with Gasteiger partial charge in [0.05, 0.1) is 0 Å². The Labute approximate surface area is 112 Å². The number of carbonyl (C=O) groups is 3. The lowest BCUT2D eigenvalue weighted by atomic mass is 9.95. The van der Waals surface area contributed by atoms with E-state index in [9.17, 15) is 14.4 Å². The van der Waals surface area contributed by atoms with Crippen LogP contribution >= 0.6 is 0 Å². The molecule has 5 heteroatoms. The number of piperidine rings is 1. The Morgan fingerprint density at radius 3 is 2.05 bits per heavy atom. The van der Waals surface area contributed by atoms with Crippen LogP contribution in [-0.4, -0.2) is 45.6 Å². The summed E-state index contributed by atoms with van der Waals surface area (Å²) >= 11 is 0. The van der Waals surface area contributed by atoms with Gasteiger partial charge in [-0.3, -0.25) is 19.3 Å². The van der Waals surface area contributed by atoms with Crippen molar-refractivity contribution in [3.8, 4) is 0 Å². The highest BCUT2D eigenvalue weighted by molar-refractivity contribution is 6.02. The van der Waals surface area contributed by atoms with Crippen molar-refractivity contribution in [2.24, 2.45) is 0 Å². The molecule has 0 aliphatic carbocycles. The molecule has 3 saturated heterocycles.